The van der Waals surface area contributed by atoms with E-state index in [1.165, 1.54) is 6.92 Å². The highest BCUT2D eigenvalue weighted by Gasteiger charge is 2.22. The van der Waals surface area contributed by atoms with E-state index < -0.39 is 0 Å². The summed E-state index contributed by atoms with van der Waals surface area (Å²) in [6.45, 7) is 3.37. The molecule has 0 aliphatic carbocycles. The van der Waals surface area contributed by atoms with Gasteiger partial charge in [0.15, 0.2) is 0 Å². The molecular weight excluding hydrogens is 298 g/mol. The van der Waals surface area contributed by atoms with E-state index in [0.717, 1.165) is 22.9 Å². The Labute approximate surface area is 128 Å². The number of anilines is 2. The van der Waals surface area contributed by atoms with Crippen molar-refractivity contribution in [2.75, 3.05) is 22.3 Å². The zero-order valence-corrected chi connectivity index (χ0v) is 13.0. The molecule has 1 saturated heterocycles. The van der Waals surface area contributed by atoms with Crippen LogP contribution in [0.1, 0.15) is 12.5 Å². The van der Waals surface area contributed by atoms with Crippen LogP contribution in [0.15, 0.2) is 18.2 Å². The number of hydrogen-bond donors (Lipinski definition) is 3. The number of thioether (sulfide) groups is 1. The van der Waals surface area contributed by atoms with Gasteiger partial charge < -0.3 is 10.6 Å². The quantitative estimate of drug-likeness (QED) is 0.797. The van der Waals surface area contributed by atoms with Crippen LogP contribution in [0.5, 0.6) is 0 Å². The lowest BCUT2D eigenvalue weighted by atomic mass is 10.1. The third-order valence-electron chi connectivity index (χ3n) is 2.85. The monoisotopic (exact) mass is 315 g/mol. The van der Waals surface area contributed by atoms with E-state index in [-0.39, 0.29) is 30.3 Å². The van der Waals surface area contributed by atoms with Gasteiger partial charge >= 0.3 is 0 Å². The highest BCUT2D eigenvalue weighted by atomic mass is 35.5. The van der Waals surface area contributed by atoms with Crippen LogP contribution in [0.25, 0.3) is 0 Å². The standard InChI is InChI=1S/C13H17N3O2S.ClH/c1-8-3-4-10(5-11(8)15-9(2)17)16-13(18)12-6-19-7-14-12;/h3-5,12,14H,6-7H2,1-2H3,(H,15,17)(H,16,18);1H. The predicted octanol–water partition coefficient (Wildman–Crippen LogP) is 1.98. The van der Waals surface area contributed by atoms with Crippen molar-refractivity contribution in [2.45, 2.75) is 19.9 Å². The van der Waals surface area contributed by atoms with Crippen molar-refractivity contribution < 1.29 is 9.59 Å². The molecule has 20 heavy (non-hydrogen) atoms. The van der Waals surface area contributed by atoms with Crippen molar-refractivity contribution in [2.24, 2.45) is 0 Å². The Bertz CT molecular complexity index is 504. The summed E-state index contributed by atoms with van der Waals surface area (Å²) in [5, 5.41) is 8.72. The molecule has 1 atom stereocenters. The Morgan fingerprint density at radius 2 is 2.10 bits per heavy atom. The Hall–Kier alpha value is -1.24. The number of carbonyl (C=O) groups is 2. The molecular formula is C13H18ClN3O2S. The summed E-state index contributed by atoms with van der Waals surface area (Å²) >= 11 is 1.71. The van der Waals surface area contributed by atoms with Gasteiger partial charge in [-0.25, -0.2) is 0 Å². The number of rotatable bonds is 3. The largest absolute Gasteiger partial charge is 0.326 e. The van der Waals surface area contributed by atoms with Crippen molar-refractivity contribution in [3.05, 3.63) is 23.8 Å². The Balaban J connectivity index is 0.00000200. The van der Waals surface area contributed by atoms with Crippen LogP contribution in [0.4, 0.5) is 11.4 Å². The maximum atomic E-state index is 12.0. The summed E-state index contributed by atoms with van der Waals surface area (Å²) in [5.41, 5.74) is 2.37. The van der Waals surface area contributed by atoms with Gasteiger partial charge in [0.25, 0.3) is 0 Å². The fourth-order valence-corrected chi connectivity index (χ4v) is 2.76. The molecule has 1 aliphatic rings. The molecule has 0 bridgehead atoms. The minimum Gasteiger partial charge on any atom is -0.326 e. The van der Waals surface area contributed by atoms with Crippen LogP contribution in [-0.4, -0.2) is 29.5 Å². The van der Waals surface area contributed by atoms with Gasteiger partial charge in [-0.1, -0.05) is 6.07 Å². The number of halogens is 1. The summed E-state index contributed by atoms with van der Waals surface area (Å²) in [7, 11) is 0. The van der Waals surface area contributed by atoms with Gasteiger partial charge in [-0.2, -0.15) is 0 Å². The smallest absolute Gasteiger partial charge is 0.242 e. The van der Waals surface area contributed by atoms with Crippen molar-refractivity contribution >= 4 is 47.4 Å². The van der Waals surface area contributed by atoms with Crippen LogP contribution < -0.4 is 16.0 Å². The minimum atomic E-state index is -0.143. The van der Waals surface area contributed by atoms with Crippen molar-refractivity contribution in [1.29, 1.82) is 0 Å². The molecule has 1 heterocycles. The first-order valence-electron chi connectivity index (χ1n) is 6.06. The van der Waals surface area contributed by atoms with Crippen LogP contribution >= 0.6 is 24.2 Å². The molecule has 0 spiro atoms. The summed E-state index contributed by atoms with van der Waals surface area (Å²) in [4.78, 5) is 23.1. The van der Waals surface area contributed by atoms with Gasteiger partial charge in [-0.15, -0.1) is 24.2 Å². The van der Waals surface area contributed by atoms with E-state index >= 15 is 0 Å². The second kappa shape index (κ2) is 7.52. The van der Waals surface area contributed by atoms with Crippen molar-refractivity contribution in [3.8, 4) is 0 Å². The normalized spacial score (nSPS) is 17.2. The first-order chi connectivity index (χ1) is 9.06. The average molecular weight is 316 g/mol. The first-order valence-corrected chi connectivity index (χ1v) is 7.22. The first kappa shape index (κ1) is 16.8. The number of benzene rings is 1. The second-order valence-electron chi connectivity index (χ2n) is 4.47. The molecule has 1 aromatic carbocycles. The van der Waals surface area contributed by atoms with E-state index in [1.807, 2.05) is 19.1 Å². The second-order valence-corrected chi connectivity index (χ2v) is 5.50. The SMILES string of the molecule is CC(=O)Nc1cc(NC(=O)C2CSCN2)ccc1C.Cl. The van der Waals surface area contributed by atoms with Crippen molar-refractivity contribution in [3.63, 3.8) is 0 Å². The Morgan fingerprint density at radius 1 is 1.35 bits per heavy atom. The summed E-state index contributed by atoms with van der Waals surface area (Å²) in [6.07, 6.45) is 0. The van der Waals surface area contributed by atoms with Crippen LogP contribution in [0.2, 0.25) is 0 Å². The maximum Gasteiger partial charge on any atom is 0.242 e. The number of hydrogen-bond acceptors (Lipinski definition) is 4. The Morgan fingerprint density at radius 3 is 2.70 bits per heavy atom. The summed E-state index contributed by atoms with van der Waals surface area (Å²) in [6, 6.07) is 5.34. The van der Waals surface area contributed by atoms with Gasteiger partial charge in [0.1, 0.15) is 0 Å². The topological polar surface area (TPSA) is 70.2 Å². The average Bonchev–Trinajstić information content (AvgIpc) is 2.86. The molecule has 2 rings (SSSR count). The fraction of sp³-hybridized carbons (Fsp3) is 0.385. The third kappa shape index (κ3) is 4.40. The molecule has 2 amide bonds. The zero-order chi connectivity index (χ0) is 13.8. The van der Waals surface area contributed by atoms with E-state index in [4.69, 9.17) is 0 Å². The lowest BCUT2D eigenvalue weighted by Crippen LogP contribution is -2.37. The van der Waals surface area contributed by atoms with Crippen LogP contribution in [0, 0.1) is 6.92 Å². The van der Waals surface area contributed by atoms with E-state index in [0.29, 0.717) is 5.69 Å². The lowest BCUT2D eigenvalue weighted by molar-refractivity contribution is -0.117. The molecule has 1 aromatic rings. The summed E-state index contributed by atoms with van der Waals surface area (Å²) in [5.74, 6) is 1.43. The maximum absolute atomic E-state index is 12.0. The molecule has 3 N–H and O–H groups in total. The molecule has 110 valence electrons. The molecule has 1 unspecified atom stereocenters. The van der Waals surface area contributed by atoms with E-state index in [2.05, 4.69) is 16.0 Å². The molecule has 5 nitrogen and oxygen atoms in total. The Kier molecular flexibility index (Phi) is 6.32. The number of amides is 2. The fourth-order valence-electron chi connectivity index (χ4n) is 1.82. The molecule has 0 saturated carbocycles. The predicted molar refractivity (Wildman–Crippen MR) is 85.6 cm³/mol. The highest BCUT2D eigenvalue weighted by molar-refractivity contribution is 7.99. The number of aryl methyl sites for hydroxylation is 1. The molecule has 0 radical (unpaired) electrons. The van der Waals surface area contributed by atoms with Gasteiger partial charge in [0, 0.05) is 29.9 Å². The van der Waals surface area contributed by atoms with Crippen LogP contribution in [-0.2, 0) is 9.59 Å². The molecule has 0 aromatic heterocycles. The number of nitrogens with one attached hydrogen (secondary N) is 3. The third-order valence-corrected chi connectivity index (χ3v) is 3.79. The zero-order valence-electron chi connectivity index (χ0n) is 11.4. The van der Waals surface area contributed by atoms with Gasteiger partial charge in [-0.3, -0.25) is 14.9 Å². The summed E-state index contributed by atoms with van der Waals surface area (Å²) < 4.78 is 0. The number of carbonyl (C=O) groups excluding carboxylic acids is 2. The van der Waals surface area contributed by atoms with Gasteiger partial charge in [0.05, 0.1) is 6.04 Å². The van der Waals surface area contributed by atoms with Crippen molar-refractivity contribution in [1.82, 2.24) is 5.32 Å². The molecule has 1 aliphatic heterocycles. The molecule has 1 fully saturated rings. The van der Waals surface area contributed by atoms with Crippen LogP contribution in [0.3, 0.4) is 0 Å². The molecule has 7 heteroatoms. The minimum absolute atomic E-state index is 0. The highest BCUT2D eigenvalue weighted by Crippen LogP contribution is 2.21. The van der Waals surface area contributed by atoms with E-state index in [1.54, 1.807) is 17.8 Å². The lowest BCUT2D eigenvalue weighted by Gasteiger charge is -2.13. The van der Waals surface area contributed by atoms with E-state index in [9.17, 15) is 9.59 Å². The van der Waals surface area contributed by atoms with Gasteiger partial charge in [-0.05, 0) is 24.6 Å². The van der Waals surface area contributed by atoms with Gasteiger partial charge in [0.2, 0.25) is 11.8 Å².